The van der Waals surface area contributed by atoms with Crippen molar-refractivity contribution in [2.75, 3.05) is 6.54 Å². The summed E-state index contributed by atoms with van der Waals surface area (Å²) in [5, 5.41) is 11.1. The molecule has 0 bridgehead atoms. The maximum atomic E-state index is 14.4. The van der Waals surface area contributed by atoms with Crippen LogP contribution in [0, 0.1) is 11.8 Å². The second kappa shape index (κ2) is 8.31. The molecule has 0 heterocycles. The smallest absolute Gasteiger partial charge is 0.382 e. The first-order valence-electron chi connectivity index (χ1n) is 9.96. The Bertz CT molecular complexity index is 878. The molecule has 0 saturated heterocycles. The average Bonchev–Trinajstić information content (AvgIpc) is 3.12. The van der Waals surface area contributed by atoms with Gasteiger partial charge in [0.2, 0.25) is 5.91 Å². The molecule has 4 atom stereocenters. The molecule has 1 aromatic rings. The van der Waals surface area contributed by atoms with Crippen LogP contribution < -0.4 is 5.32 Å². The van der Waals surface area contributed by atoms with E-state index in [1.807, 2.05) is 5.32 Å². The van der Waals surface area contributed by atoms with Gasteiger partial charge in [0, 0.05) is 11.5 Å². The highest BCUT2D eigenvalue weighted by Gasteiger charge is 2.73. The van der Waals surface area contributed by atoms with Crippen molar-refractivity contribution in [2.24, 2.45) is 11.8 Å². The molecular formula is C20H19F10NO2. The van der Waals surface area contributed by atoms with Gasteiger partial charge in [-0.2, -0.15) is 39.5 Å². The average molecular weight is 495 g/mol. The molecule has 3 nitrogen and oxygen atoms in total. The summed E-state index contributed by atoms with van der Waals surface area (Å²) in [5.41, 5.74) is -6.61. The number of rotatable bonds is 4. The van der Waals surface area contributed by atoms with Gasteiger partial charge in [-0.25, -0.2) is 4.39 Å². The summed E-state index contributed by atoms with van der Waals surface area (Å²) in [6, 6.07) is 2.00. The SMILES string of the molecule is O=C(NCC(O)C(F)(F)F)[C@@H]1CCC2c3ccc(C(F)(C(F)(F)F)C(F)(F)F)cc3CCC21. The number of carbonyl (C=O) groups is 1. The van der Waals surface area contributed by atoms with Crippen LogP contribution in [0.2, 0.25) is 0 Å². The lowest BCUT2D eigenvalue weighted by Gasteiger charge is -2.34. The maximum absolute atomic E-state index is 14.4. The highest BCUT2D eigenvalue weighted by molar-refractivity contribution is 5.79. The molecule has 1 saturated carbocycles. The maximum Gasteiger partial charge on any atom is 0.435 e. The van der Waals surface area contributed by atoms with Crippen molar-refractivity contribution in [1.29, 1.82) is 0 Å². The van der Waals surface area contributed by atoms with E-state index in [4.69, 9.17) is 5.11 Å². The van der Waals surface area contributed by atoms with E-state index < -0.39 is 66.1 Å². The minimum atomic E-state index is -6.23. The molecule has 13 heteroatoms. The van der Waals surface area contributed by atoms with Crippen molar-refractivity contribution in [3.05, 3.63) is 34.9 Å². The highest BCUT2D eigenvalue weighted by atomic mass is 19.4. The van der Waals surface area contributed by atoms with Gasteiger partial charge in [-0.3, -0.25) is 4.79 Å². The Labute approximate surface area is 181 Å². The van der Waals surface area contributed by atoms with Gasteiger partial charge in [-0.15, -0.1) is 0 Å². The van der Waals surface area contributed by atoms with Crippen LogP contribution in [-0.2, 0) is 16.9 Å². The van der Waals surface area contributed by atoms with Crippen molar-refractivity contribution in [3.8, 4) is 0 Å². The van der Waals surface area contributed by atoms with Gasteiger partial charge in [0.1, 0.15) is 0 Å². The van der Waals surface area contributed by atoms with Gasteiger partial charge in [0.15, 0.2) is 6.10 Å². The van der Waals surface area contributed by atoms with Crippen LogP contribution in [0.1, 0.15) is 41.9 Å². The molecule has 186 valence electrons. The molecule has 0 radical (unpaired) electrons. The summed E-state index contributed by atoms with van der Waals surface area (Å²) in [5.74, 6) is -2.26. The molecule has 1 amide bonds. The second-order valence-electron chi connectivity index (χ2n) is 8.36. The molecule has 3 rings (SSSR count). The minimum absolute atomic E-state index is 0.0227. The third kappa shape index (κ3) is 4.52. The normalized spacial score (nSPS) is 24.8. The van der Waals surface area contributed by atoms with E-state index in [0.717, 1.165) is 6.07 Å². The Morgan fingerprint density at radius 1 is 0.970 bits per heavy atom. The lowest BCUT2D eigenvalue weighted by molar-refractivity contribution is -0.348. The van der Waals surface area contributed by atoms with E-state index >= 15 is 0 Å². The fourth-order valence-electron chi connectivity index (χ4n) is 4.83. The van der Waals surface area contributed by atoms with Gasteiger partial charge in [0.25, 0.3) is 0 Å². The number of aliphatic hydroxyl groups excluding tert-OH is 1. The number of aryl methyl sites for hydroxylation is 1. The van der Waals surface area contributed by atoms with E-state index in [0.29, 0.717) is 24.1 Å². The number of alkyl halides is 10. The fraction of sp³-hybridized carbons (Fsp3) is 0.650. The van der Waals surface area contributed by atoms with Crippen LogP contribution in [-0.4, -0.2) is 42.2 Å². The van der Waals surface area contributed by atoms with E-state index in [1.54, 1.807) is 0 Å². The number of nitrogens with one attached hydrogen (secondary N) is 1. The molecule has 1 fully saturated rings. The number of aliphatic hydroxyl groups is 1. The molecule has 0 aliphatic heterocycles. The third-order valence-electron chi connectivity index (χ3n) is 6.48. The molecule has 33 heavy (non-hydrogen) atoms. The van der Waals surface area contributed by atoms with Crippen molar-refractivity contribution in [2.45, 2.75) is 61.9 Å². The molecule has 0 aromatic heterocycles. The zero-order valence-electron chi connectivity index (χ0n) is 16.7. The first-order chi connectivity index (χ1) is 15.0. The van der Waals surface area contributed by atoms with Crippen molar-refractivity contribution in [3.63, 3.8) is 0 Å². The molecule has 3 unspecified atom stereocenters. The summed E-state index contributed by atoms with van der Waals surface area (Å²) in [6.07, 6.45) is -19.4. The number of hydrogen-bond donors (Lipinski definition) is 2. The molecule has 2 aliphatic rings. The standard InChI is InChI=1S/C20H19F10NO2/c21-17(19(25,26)27,20(28,29)30)10-2-4-11-9(7-10)1-3-13-12(11)5-6-14(13)16(33)31-8-15(32)18(22,23)24/h2,4,7,12-15,32H,1,3,5-6,8H2,(H,31,33)/t12?,13?,14-,15?/m1/s1. The Morgan fingerprint density at radius 3 is 2.12 bits per heavy atom. The van der Waals surface area contributed by atoms with Gasteiger partial charge in [-0.05, 0) is 48.6 Å². The number of halogens is 10. The topological polar surface area (TPSA) is 49.3 Å². The Hall–Kier alpha value is -2.05. The van der Waals surface area contributed by atoms with Crippen molar-refractivity contribution in [1.82, 2.24) is 5.32 Å². The summed E-state index contributed by atoms with van der Waals surface area (Å²) in [7, 11) is 0. The lowest BCUT2D eigenvalue weighted by atomic mass is 9.73. The van der Waals surface area contributed by atoms with Crippen molar-refractivity contribution >= 4 is 5.91 Å². The number of benzene rings is 1. The minimum Gasteiger partial charge on any atom is -0.382 e. The predicted molar refractivity (Wildman–Crippen MR) is 93.7 cm³/mol. The first-order valence-corrected chi connectivity index (χ1v) is 9.96. The zero-order chi connectivity index (χ0) is 25.0. The molecular weight excluding hydrogens is 476 g/mol. The molecule has 2 aliphatic carbocycles. The first kappa shape index (κ1) is 25.6. The summed E-state index contributed by atoms with van der Waals surface area (Å²) >= 11 is 0. The van der Waals surface area contributed by atoms with Crippen LogP contribution in [0.25, 0.3) is 0 Å². The molecule has 0 spiro atoms. The molecule has 2 N–H and O–H groups in total. The van der Waals surface area contributed by atoms with E-state index in [-0.39, 0.29) is 24.8 Å². The Kier molecular flexibility index (Phi) is 6.44. The van der Waals surface area contributed by atoms with Crippen molar-refractivity contribution < 1.29 is 53.8 Å². The molecule has 1 aromatic carbocycles. The quantitative estimate of drug-likeness (QED) is 0.574. The van der Waals surface area contributed by atoms with Crippen LogP contribution in [0.15, 0.2) is 18.2 Å². The summed E-state index contributed by atoms with van der Waals surface area (Å²) in [6.45, 7) is -1.04. The number of amides is 1. The number of hydrogen-bond acceptors (Lipinski definition) is 2. The second-order valence-corrected chi connectivity index (χ2v) is 8.36. The number of carbonyl (C=O) groups excluding carboxylic acids is 1. The fourth-order valence-corrected chi connectivity index (χ4v) is 4.83. The van der Waals surface area contributed by atoms with Gasteiger partial charge in [0.05, 0.1) is 6.54 Å². The van der Waals surface area contributed by atoms with Crippen LogP contribution >= 0.6 is 0 Å². The summed E-state index contributed by atoms with van der Waals surface area (Å²) in [4.78, 5) is 12.4. The largest absolute Gasteiger partial charge is 0.435 e. The van der Waals surface area contributed by atoms with Crippen LogP contribution in [0.3, 0.4) is 0 Å². The Morgan fingerprint density at radius 2 is 1.58 bits per heavy atom. The predicted octanol–water partition coefficient (Wildman–Crippen LogP) is 5.07. The Balaban J connectivity index is 1.81. The van der Waals surface area contributed by atoms with Gasteiger partial charge < -0.3 is 10.4 Å². The summed E-state index contributed by atoms with van der Waals surface area (Å²) < 4.78 is 130. The highest BCUT2D eigenvalue weighted by Crippen LogP contribution is 2.55. The van der Waals surface area contributed by atoms with Gasteiger partial charge >= 0.3 is 24.2 Å². The van der Waals surface area contributed by atoms with E-state index in [2.05, 4.69) is 0 Å². The van der Waals surface area contributed by atoms with Crippen LogP contribution in [0.5, 0.6) is 0 Å². The number of fused-ring (bicyclic) bond motifs is 3. The van der Waals surface area contributed by atoms with E-state index in [1.165, 1.54) is 0 Å². The zero-order valence-corrected chi connectivity index (χ0v) is 16.7. The third-order valence-corrected chi connectivity index (χ3v) is 6.48. The monoisotopic (exact) mass is 495 g/mol. The van der Waals surface area contributed by atoms with Crippen LogP contribution in [0.4, 0.5) is 43.9 Å². The van der Waals surface area contributed by atoms with Gasteiger partial charge in [-0.1, -0.05) is 18.2 Å². The lowest BCUT2D eigenvalue weighted by Crippen LogP contribution is -2.50. The van der Waals surface area contributed by atoms with E-state index in [9.17, 15) is 48.7 Å².